The Labute approximate surface area is 122 Å². The largest absolute Gasteiger partial charge is 0.370 e. The van der Waals surface area contributed by atoms with Crippen LogP contribution in [0.5, 0.6) is 0 Å². The van der Waals surface area contributed by atoms with Crippen LogP contribution in [0, 0.1) is 11.3 Å². The predicted octanol–water partition coefficient (Wildman–Crippen LogP) is 2.49. The van der Waals surface area contributed by atoms with Crippen molar-refractivity contribution in [2.75, 3.05) is 11.9 Å². The van der Waals surface area contributed by atoms with E-state index in [2.05, 4.69) is 21.5 Å². The first-order valence-corrected chi connectivity index (χ1v) is 6.77. The molecule has 0 aliphatic carbocycles. The van der Waals surface area contributed by atoms with Gasteiger partial charge in [-0.3, -0.25) is 4.68 Å². The van der Waals surface area contributed by atoms with E-state index in [9.17, 15) is 5.26 Å². The van der Waals surface area contributed by atoms with Crippen LogP contribution in [0.4, 0.5) is 5.82 Å². The molecule has 0 fully saturated rings. The molecule has 0 atom stereocenters. The molecule has 5 heteroatoms. The van der Waals surface area contributed by atoms with Crippen LogP contribution in [0.3, 0.4) is 0 Å². The molecular weight excluding hydrogens is 262 g/mol. The topological polar surface area (TPSA) is 66.5 Å². The summed E-state index contributed by atoms with van der Waals surface area (Å²) < 4.78 is 1.79. The predicted molar refractivity (Wildman–Crippen MR) is 81.9 cm³/mol. The lowest BCUT2D eigenvalue weighted by Crippen LogP contribution is -2.06. The minimum absolute atomic E-state index is 0.643. The molecule has 2 aromatic heterocycles. The highest BCUT2D eigenvalue weighted by molar-refractivity contribution is 5.86. The molecule has 0 unspecified atom stereocenters. The van der Waals surface area contributed by atoms with E-state index in [-0.39, 0.29) is 0 Å². The Hall–Kier alpha value is -2.87. The summed E-state index contributed by atoms with van der Waals surface area (Å²) in [6.45, 7) is 0.752. The van der Waals surface area contributed by atoms with E-state index in [4.69, 9.17) is 0 Å². The van der Waals surface area contributed by atoms with E-state index >= 15 is 0 Å². The van der Waals surface area contributed by atoms with E-state index in [0.29, 0.717) is 5.56 Å². The lowest BCUT2D eigenvalue weighted by Gasteiger charge is -2.07. The summed E-state index contributed by atoms with van der Waals surface area (Å²) >= 11 is 0. The van der Waals surface area contributed by atoms with Crippen LogP contribution in [-0.4, -0.2) is 21.3 Å². The number of nitrogens with one attached hydrogen (secondary N) is 1. The standard InChI is InChI=1S/C16H15N5/c1-21-11-12(10-19-21)6-7-18-16-8-13(9-17)14-4-2-3-5-15(14)20-16/h2-5,8,10-11H,6-7H2,1H3,(H,18,20). The molecule has 0 saturated carbocycles. The van der Waals surface area contributed by atoms with Crippen LogP contribution in [0.15, 0.2) is 42.7 Å². The highest BCUT2D eigenvalue weighted by atomic mass is 15.2. The Bertz CT molecular complexity index is 813. The Kier molecular flexibility index (Phi) is 3.52. The Balaban J connectivity index is 1.76. The minimum atomic E-state index is 0.643. The van der Waals surface area contributed by atoms with Gasteiger partial charge in [0.25, 0.3) is 0 Å². The number of benzene rings is 1. The van der Waals surface area contributed by atoms with Crippen molar-refractivity contribution < 1.29 is 0 Å². The van der Waals surface area contributed by atoms with Crippen LogP contribution in [0.25, 0.3) is 10.9 Å². The molecule has 104 valence electrons. The third kappa shape index (κ3) is 2.84. The number of hydrogen-bond acceptors (Lipinski definition) is 4. The quantitative estimate of drug-likeness (QED) is 0.795. The zero-order valence-electron chi connectivity index (χ0n) is 11.7. The first kappa shape index (κ1) is 13.1. The lowest BCUT2D eigenvalue weighted by molar-refractivity contribution is 0.767. The van der Waals surface area contributed by atoms with Crippen molar-refractivity contribution in [2.45, 2.75) is 6.42 Å². The maximum Gasteiger partial charge on any atom is 0.127 e. The van der Waals surface area contributed by atoms with Gasteiger partial charge in [0.05, 0.1) is 23.3 Å². The van der Waals surface area contributed by atoms with Crippen LogP contribution in [0.2, 0.25) is 0 Å². The maximum atomic E-state index is 9.25. The van der Waals surface area contributed by atoms with Gasteiger partial charge in [0, 0.05) is 25.2 Å². The Morgan fingerprint density at radius 3 is 2.95 bits per heavy atom. The number of pyridine rings is 1. The van der Waals surface area contributed by atoms with Gasteiger partial charge in [0.2, 0.25) is 0 Å². The van der Waals surface area contributed by atoms with Gasteiger partial charge in [-0.2, -0.15) is 10.4 Å². The van der Waals surface area contributed by atoms with Crippen molar-refractivity contribution >= 4 is 16.7 Å². The summed E-state index contributed by atoms with van der Waals surface area (Å²) in [4.78, 5) is 4.54. The average molecular weight is 277 g/mol. The third-order valence-electron chi connectivity index (χ3n) is 3.31. The second-order valence-corrected chi connectivity index (χ2v) is 4.88. The number of rotatable bonds is 4. The number of hydrogen-bond donors (Lipinski definition) is 1. The highest BCUT2D eigenvalue weighted by Gasteiger charge is 2.05. The summed E-state index contributed by atoms with van der Waals surface area (Å²) in [5.74, 6) is 0.731. The van der Waals surface area contributed by atoms with Gasteiger partial charge in [0.1, 0.15) is 5.82 Å². The summed E-state index contributed by atoms with van der Waals surface area (Å²) in [5.41, 5.74) is 2.65. The zero-order chi connectivity index (χ0) is 14.7. The Morgan fingerprint density at radius 2 is 2.19 bits per heavy atom. The fourth-order valence-electron chi connectivity index (χ4n) is 2.29. The first-order valence-electron chi connectivity index (χ1n) is 6.77. The van der Waals surface area contributed by atoms with Crippen molar-refractivity contribution in [3.05, 3.63) is 53.9 Å². The molecule has 3 rings (SSSR count). The monoisotopic (exact) mass is 277 g/mol. The van der Waals surface area contributed by atoms with Crippen LogP contribution >= 0.6 is 0 Å². The molecule has 21 heavy (non-hydrogen) atoms. The third-order valence-corrected chi connectivity index (χ3v) is 3.31. The van der Waals surface area contributed by atoms with Crippen molar-refractivity contribution in [1.29, 1.82) is 5.26 Å². The van der Waals surface area contributed by atoms with Crippen LogP contribution < -0.4 is 5.32 Å². The molecule has 0 aliphatic rings. The van der Waals surface area contributed by atoms with Gasteiger partial charge in [0.15, 0.2) is 0 Å². The number of aryl methyl sites for hydroxylation is 1. The SMILES string of the molecule is Cn1cc(CCNc2cc(C#N)c3ccccc3n2)cn1. The summed E-state index contributed by atoms with van der Waals surface area (Å²) in [6, 6.07) is 11.7. The van der Waals surface area contributed by atoms with E-state index in [1.165, 1.54) is 5.56 Å². The van der Waals surface area contributed by atoms with Crippen LogP contribution in [-0.2, 0) is 13.5 Å². The van der Waals surface area contributed by atoms with E-state index in [1.807, 2.05) is 43.7 Å². The molecule has 3 aromatic rings. The first-order chi connectivity index (χ1) is 10.3. The molecule has 5 nitrogen and oxygen atoms in total. The van der Waals surface area contributed by atoms with Crippen LogP contribution in [0.1, 0.15) is 11.1 Å². The Morgan fingerprint density at radius 1 is 1.33 bits per heavy atom. The van der Waals surface area contributed by atoms with Crippen molar-refractivity contribution in [3.63, 3.8) is 0 Å². The highest BCUT2D eigenvalue weighted by Crippen LogP contribution is 2.19. The van der Waals surface area contributed by atoms with Gasteiger partial charge in [-0.25, -0.2) is 4.98 Å². The van der Waals surface area contributed by atoms with Crippen molar-refractivity contribution in [3.8, 4) is 6.07 Å². The molecule has 0 amide bonds. The fraction of sp³-hybridized carbons (Fsp3) is 0.188. The molecule has 0 radical (unpaired) electrons. The van der Waals surface area contributed by atoms with Crippen molar-refractivity contribution in [2.24, 2.45) is 7.05 Å². The van der Waals surface area contributed by atoms with Crippen molar-refractivity contribution in [1.82, 2.24) is 14.8 Å². The molecule has 0 aliphatic heterocycles. The minimum Gasteiger partial charge on any atom is -0.370 e. The van der Waals surface area contributed by atoms with Gasteiger partial charge < -0.3 is 5.32 Å². The smallest absolute Gasteiger partial charge is 0.127 e. The normalized spacial score (nSPS) is 10.5. The van der Waals surface area contributed by atoms with Gasteiger partial charge in [-0.1, -0.05) is 18.2 Å². The number of fused-ring (bicyclic) bond motifs is 1. The molecular formula is C16H15N5. The summed E-state index contributed by atoms with van der Waals surface area (Å²) in [6.07, 6.45) is 4.72. The molecule has 0 saturated heterocycles. The second kappa shape index (κ2) is 5.63. The lowest BCUT2D eigenvalue weighted by atomic mass is 10.1. The number of nitrogens with zero attached hydrogens (tertiary/aromatic N) is 4. The van der Waals surface area contributed by atoms with E-state index < -0.39 is 0 Å². The fourth-order valence-corrected chi connectivity index (χ4v) is 2.29. The van der Waals surface area contributed by atoms with Gasteiger partial charge in [-0.05, 0) is 24.1 Å². The van der Waals surface area contributed by atoms with E-state index in [1.54, 1.807) is 10.7 Å². The number of aromatic nitrogens is 3. The zero-order valence-corrected chi connectivity index (χ0v) is 11.7. The molecule has 0 spiro atoms. The van der Waals surface area contributed by atoms with Gasteiger partial charge >= 0.3 is 0 Å². The van der Waals surface area contributed by atoms with Gasteiger partial charge in [-0.15, -0.1) is 0 Å². The van der Waals surface area contributed by atoms with E-state index in [0.717, 1.165) is 29.7 Å². The molecule has 2 heterocycles. The number of nitriles is 1. The maximum absolute atomic E-state index is 9.25. The number of para-hydroxylation sites is 1. The molecule has 1 aromatic carbocycles. The molecule has 1 N–H and O–H groups in total. The molecule has 0 bridgehead atoms. The average Bonchev–Trinajstić information content (AvgIpc) is 2.92. The second-order valence-electron chi connectivity index (χ2n) is 4.88. The number of anilines is 1. The summed E-state index contributed by atoms with van der Waals surface area (Å²) in [7, 11) is 1.90. The summed E-state index contributed by atoms with van der Waals surface area (Å²) in [5, 5.41) is 17.5.